The van der Waals surface area contributed by atoms with E-state index in [1.54, 1.807) is 0 Å². The Balaban J connectivity index is 4.77. The van der Waals surface area contributed by atoms with Crippen molar-refractivity contribution in [1.29, 1.82) is 0 Å². The summed E-state index contributed by atoms with van der Waals surface area (Å²) >= 11 is 0. The van der Waals surface area contributed by atoms with Crippen LogP contribution < -0.4 is 0 Å². The van der Waals surface area contributed by atoms with Gasteiger partial charge in [0.25, 0.3) is 5.71 Å². The molecular weight excluding hydrogens is 220 g/mol. The maximum absolute atomic E-state index is 11.0. The maximum Gasteiger partial charge on any atom is 0.435 e. The van der Waals surface area contributed by atoms with Crippen LogP contribution >= 0.6 is 0 Å². The van der Waals surface area contributed by atoms with Crippen molar-refractivity contribution in [3.05, 3.63) is 0 Å². The number of esters is 2. The van der Waals surface area contributed by atoms with E-state index in [1.165, 1.54) is 14.1 Å². The van der Waals surface area contributed by atoms with Crippen molar-refractivity contribution in [1.82, 2.24) is 4.90 Å². The van der Waals surface area contributed by atoms with Gasteiger partial charge in [-0.1, -0.05) is 5.16 Å². The second-order valence-corrected chi connectivity index (χ2v) is 2.67. The number of rotatable bonds is 3. The molecule has 8 nitrogen and oxygen atoms in total. The molecule has 0 radical (unpaired) electrons. The fraction of sp³-hybridized carbons (Fsp3) is 0.500. The number of methoxy groups -OCH3 is 2. The molecule has 0 saturated heterocycles. The highest BCUT2D eigenvalue weighted by Gasteiger charge is 2.24. The Morgan fingerprint density at radius 1 is 1.00 bits per heavy atom. The van der Waals surface area contributed by atoms with Gasteiger partial charge in [0, 0.05) is 14.1 Å². The fourth-order valence-electron chi connectivity index (χ4n) is 0.518. The lowest BCUT2D eigenvalue weighted by molar-refractivity contribution is -0.138. The molecule has 16 heavy (non-hydrogen) atoms. The summed E-state index contributed by atoms with van der Waals surface area (Å²) < 4.78 is 8.51. The fourth-order valence-corrected chi connectivity index (χ4v) is 0.518. The molecule has 0 spiro atoms. The summed E-state index contributed by atoms with van der Waals surface area (Å²) in [4.78, 5) is 38.4. The summed E-state index contributed by atoms with van der Waals surface area (Å²) in [5.74, 6) is -2.11. The lowest BCUT2D eigenvalue weighted by Gasteiger charge is -2.06. The number of nitrogens with zero attached hydrogens (tertiary/aromatic N) is 2. The molecule has 0 unspecified atom stereocenters. The lowest BCUT2D eigenvalue weighted by Crippen LogP contribution is -2.28. The van der Waals surface area contributed by atoms with Gasteiger partial charge in [-0.3, -0.25) is 4.84 Å². The van der Waals surface area contributed by atoms with Crippen molar-refractivity contribution < 1.29 is 28.7 Å². The normalized spacial score (nSPS) is 8.75. The van der Waals surface area contributed by atoms with Crippen LogP contribution in [-0.4, -0.2) is 57.0 Å². The van der Waals surface area contributed by atoms with Crippen LogP contribution in [0.2, 0.25) is 0 Å². The SMILES string of the molecule is COC(=O)C(=NOC(=O)N(C)C)C(=O)OC. The van der Waals surface area contributed by atoms with Gasteiger partial charge in [0.1, 0.15) is 0 Å². The summed E-state index contributed by atoms with van der Waals surface area (Å²) in [7, 11) is 4.92. The first-order valence-electron chi connectivity index (χ1n) is 4.07. The van der Waals surface area contributed by atoms with Crippen molar-refractivity contribution in [3.63, 3.8) is 0 Å². The largest absolute Gasteiger partial charge is 0.464 e. The Morgan fingerprint density at radius 2 is 1.44 bits per heavy atom. The quantitative estimate of drug-likeness (QED) is 0.212. The minimum absolute atomic E-state index is 0.750. The summed E-state index contributed by atoms with van der Waals surface area (Å²) in [5.41, 5.74) is -0.750. The van der Waals surface area contributed by atoms with E-state index in [0.717, 1.165) is 19.1 Å². The van der Waals surface area contributed by atoms with Crippen LogP contribution in [0.1, 0.15) is 0 Å². The van der Waals surface area contributed by atoms with Gasteiger partial charge in [0.15, 0.2) is 0 Å². The predicted octanol–water partition coefficient (Wildman–Crippen LogP) is -0.613. The molecule has 0 saturated carbocycles. The van der Waals surface area contributed by atoms with Crippen LogP contribution in [0.15, 0.2) is 5.16 Å². The summed E-state index contributed by atoms with van der Waals surface area (Å²) in [5, 5.41) is 3.06. The molecular formula is C8H12N2O6. The Labute approximate surface area is 91.7 Å². The molecule has 8 heteroatoms. The smallest absolute Gasteiger partial charge is 0.435 e. The monoisotopic (exact) mass is 232 g/mol. The van der Waals surface area contributed by atoms with Crippen LogP contribution in [0.4, 0.5) is 4.79 Å². The van der Waals surface area contributed by atoms with Crippen molar-refractivity contribution in [3.8, 4) is 0 Å². The third-order valence-electron chi connectivity index (χ3n) is 1.34. The molecule has 0 aromatic heterocycles. The summed E-state index contributed by atoms with van der Waals surface area (Å²) in [6.07, 6.45) is -0.842. The van der Waals surface area contributed by atoms with Crippen molar-refractivity contribution in [2.24, 2.45) is 5.16 Å². The lowest BCUT2D eigenvalue weighted by atomic mass is 10.4. The number of ether oxygens (including phenoxy) is 2. The zero-order valence-electron chi connectivity index (χ0n) is 9.34. The predicted molar refractivity (Wildman–Crippen MR) is 51.6 cm³/mol. The van der Waals surface area contributed by atoms with Gasteiger partial charge in [-0.2, -0.15) is 0 Å². The average molecular weight is 232 g/mol. The van der Waals surface area contributed by atoms with E-state index in [-0.39, 0.29) is 0 Å². The molecule has 0 fully saturated rings. The molecule has 0 rings (SSSR count). The Hall–Kier alpha value is -2.12. The van der Waals surface area contributed by atoms with Crippen molar-refractivity contribution in [2.45, 2.75) is 0 Å². The first-order valence-corrected chi connectivity index (χ1v) is 4.07. The zero-order chi connectivity index (χ0) is 12.7. The molecule has 90 valence electrons. The second-order valence-electron chi connectivity index (χ2n) is 2.67. The third kappa shape index (κ3) is 3.95. The van der Waals surface area contributed by atoms with Gasteiger partial charge in [0.2, 0.25) is 0 Å². The van der Waals surface area contributed by atoms with Crippen LogP contribution in [0.3, 0.4) is 0 Å². The van der Waals surface area contributed by atoms with E-state index in [4.69, 9.17) is 0 Å². The van der Waals surface area contributed by atoms with Gasteiger partial charge in [-0.15, -0.1) is 0 Å². The highest BCUT2D eigenvalue weighted by Crippen LogP contribution is 1.92. The molecule has 0 heterocycles. The van der Waals surface area contributed by atoms with Crippen LogP contribution in [0, 0.1) is 0 Å². The number of oxime groups is 1. The molecule has 0 atom stereocenters. The van der Waals surface area contributed by atoms with Crippen LogP contribution in [0.5, 0.6) is 0 Å². The summed E-state index contributed by atoms with van der Waals surface area (Å²) in [6.45, 7) is 0. The Kier molecular flexibility index (Phi) is 5.53. The van der Waals surface area contributed by atoms with Gasteiger partial charge in [-0.25, -0.2) is 14.4 Å². The van der Waals surface area contributed by atoms with Crippen molar-refractivity contribution >= 4 is 23.7 Å². The minimum atomic E-state index is -1.06. The molecule has 0 aromatic carbocycles. The molecule has 0 aliphatic heterocycles. The second kappa shape index (κ2) is 6.38. The molecule has 1 amide bonds. The molecule has 0 bridgehead atoms. The van der Waals surface area contributed by atoms with E-state index in [1.807, 2.05) is 0 Å². The molecule has 0 aromatic rings. The van der Waals surface area contributed by atoms with Gasteiger partial charge in [-0.05, 0) is 0 Å². The number of hydrogen-bond donors (Lipinski definition) is 0. The number of hydrogen-bond acceptors (Lipinski definition) is 7. The standard InChI is InChI=1S/C8H12N2O6/c1-10(2)8(13)16-9-5(6(11)14-3)7(12)15-4/h1-4H3. The number of amides is 1. The zero-order valence-corrected chi connectivity index (χ0v) is 9.34. The van der Waals surface area contributed by atoms with Gasteiger partial charge < -0.3 is 14.4 Å². The van der Waals surface area contributed by atoms with E-state index >= 15 is 0 Å². The Bertz CT molecular complexity index is 304. The average Bonchev–Trinajstić information content (AvgIpc) is 2.27. The van der Waals surface area contributed by atoms with Crippen LogP contribution in [0.25, 0.3) is 0 Å². The topological polar surface area (TPSA) is 94.5 Å². The van der Waals surface area contributed by atoms with Crippen molar-refractivity contribution in [2.75, 3.05) is 28.3 Å². The Morgan fingerprint density at radius 3 is 1.75 bits per heavy atom. The van der Waals surface area contributed by atoms with Gasteiger partial charge >= 0.3 is 18.0 Å². The van der Waals surface area contributed by atoms with E-state index in [2.05, 4.69) is 19.5 Å². The van der Waals surface area contributed by atoms with E-state index in [0.29, 0.717) is 0 Å². The molecule has 0 N–H and O–H groups in total. The maximum atomic E-state index is 11.0. The van der Waals surface area contributed by atoms with E-state index < -0.39 is 23.7 Å². The van der Waals surface area contributed by atoms with Gasteiger partial charge in [0.05, 0.1) is 14.2 Å². The highest BCUT2D eigenvalue weighted by molar-refractivity contribution is 6.62. The number of carbonyl (C=O) groups excluding carboxylic acids is 3. The molecule has 0 aliphatic rings. The molecule has 0 aliphatic carbocycles. The first-order chi connectivity index (χ1) is 7.43. The summed E-state index contributed by atoms with van der Waals surface area (Å²) in [6, 6.07) is 0. The minimum Gasteiger partial charge on any atom is -0.464 e. The third-order valence-corrected chi connectivity index (χ3v) is 1.34. The van der Waals surface area contributed by atoms with E-state index in [9.17, 15) is 14.4 Å². The first kappa shape index (κ1) is 13.9. The highest BCUT2D eigenvalue weighted by atomic mass is 16.7. The van der Waals surface area contributed by atoms with Crippen LogP contribution in [-0.2, 0) is 23.9 Å². The number of carbonyl (C=O) groups is 3.